The summed E-state index contributed by atoms with van der Waals surface area (Å²) in [5.41, 5.74) is 1.42. The molecule has 2 aromatic rings. The van der Waals surface area contributed by atoms with E-state index < -0.39 is 11.9 Å². The van der Waals surface area contributed by atoms with Gasteiger partial charge in [-0.05, 0) is 19.8 Å². The van der Waals surface area contributed by atoms with Gasteiger partial charge in [0.05, 0.1) is 11.9 Å². The number of nitrogens with one attached hydrogen (secondary N) is 1. The van der Waals surface area contributed by atoms with Crippen LogP contribution in [0.5, 0.6) is 0 Å². The molecule has 2 aromatic heterocycles. The molecule has 0 fully saturated rings. The summed E-state index contributed by atoms with van der Waals surface area (Å²) in [7, 11) is 0. The number of aryl methyl sites for hydroxylation is 2. The van der Waals surface area contributed by atoms with Crippen LogP contribution in [0.25, 0.3) is 0 Å². The molecule has 106 valence electrons. The third-order valence-corrected chi connectivity index (χ3v) is 3.36. The molecule has 2 heterocycles. The standard InChI is InChI=1S/C12H13N3O4S/c1-7-5-13-19-10(7)11(18)15-12-14-8(6-20-12)3-2-4-9(16)17/h5-6H,2-4H2,1H3,(H,16,17)(H,14,15,18). The van der Waals surface area contributed by atoms with Crippen molar-refractivity contribution in [2.24, 2.45) is 0 Å². The topological polar surface area (TPSA) is 105 Å². The van der Waals surface area contributed by atoms with Crippen LogP contribution >= 0.6 is 11.3 Å². The first-order chi connectivity index (χ1) is 9.56. The number of carboxylic acid groups (broad SMARTS) is 1. The van der Waals surface area contributed by atoms with Crippen molar-refractivity contribution in [3.05, 3.63) is 28.6 Å². The van der Waals surface area contributed by atoms with Crippen LogP contribution in [0.1, 0.15) is 34.7 Å². The van der Waals surface area contributed by atoms with Crippen molar-refractivity contribution in [3.63, 3.8) is 0 Å². The maximum Gasteiger partial charge on any atom is 0.303 e. The zero-order valence-electron chi connectivity index (χ0n) is 10.8. The molecule has 20 heavy (non-hydrogen) atoms. The Morgan fingerprint density at radius 3 is 2.95 bits per heavy atom. The molecule has 2 rings (SSSR count). The third-order valence-electron chi connectivity index (χ3n) is 2.55. The van der Waals surface area contributed by atoms with Gasteiger partial charge in [0.15, 0.2) is 5.13 Å². The number of rotatable bonds is 6. The molecule has 0 aliphatic heterocycles. The molecule has 8 heteroatoms. The highest BCUT2D eigenvalue weighted by molar-refractivity contribution is 7.13. The maximum atomic E-state index is 11.9. The van der Waals surface area contributed by atoms with Gasteiger partial charge in [-0.15, -0.1) is 11.3 Å². The van der Waals surface area contributed by atoms with Crippen LogP contribution in [0.2, 0.25) is 0 Å². The Hall–Kier alpha value is -2.22. The SMILES string of the molecule is Cc1cnoc1C(=O)Nc1nc(CCCC(=O)O)cs1. The molecule has 0 spiro atoms. The Morgan fingerprint density at radius 2 is 2.30 bits per heavy atom. The first kappa shape index (κ1) is 14.2. The van der Waals surface area contributed by atoms with Crippen LogP contribution in [-0.4, -0.2) is 27.1 Å². The van der Waals surface area contributed by atoms with Crippen molar-refractivity contribution < 1.29 is 19.2 Å². The largest absolute Gasteiger partial charge is 0.481 e. The molecule has 1 amide bonds. The molecule has 0 saturated carbocycles. The Morgan fingerprint density at radius 1 is 1.50 bits per heavy atom. The van der Waals surface area contributed by atoms with Gasteiger partial charge in [-0.2, -0.15) is 0 Å². The van der Waals surface area contributed by atoms with Crippen LogP contribution in [-0.2, 0) is 11.2 Å². The zero-order chi connectivity index (χ0) is 14.5. The number of anilines is 1. The molecule has 0 aliphatic carbocycles. The summed E-state index contributed by atoms with van der Waals surface area (Å²) in [4.78, 5) is 26.5. The first-order valence-corrected chi connectivity index (χ1v) is 6.83. The van der Waals surface area contributed by atoms with E-state index in [4.69, 9.17) is 9.63 Å². The lowest BCUT2D eigenvalue weighted by Gasteiger charge is -1.98. The van der Waals surface area contributed by atoms with Crippen LogP contribution in [0.15, 0.2) is 16.1 Å². The van der Waals surface area contributed by atoms with Crippen molar-refractivity contribution in [1.29, 1.82) is 0 Å². The van der Waals surface area contributed by atoms with Crippen LogP contribution in [0.3, 0.4) is 0 Å². The Kier molecular flexibility index (Phi) is 4.46. The molecule has 0 aliphatic rings. The maximum absolute atomic E-state index is 11.9. The van der Waals surface area contributed by atoms with Crippen molar-refractivity contribution in [2.75, 3.05) is 5.32 Å². The normalized spacial score (nSPS) is 10.4. The molecule has 2 N–H and O–H groups in total. The average molecular weight is 295 g/mol. The van der Waals surface area contributed by atoms with E-state index in [1.54, 1.807) is 12.3 Å². The van der Waals surface area contributed by atoms with Crippen LogP contribution < -0.4 is 5.32 Å². The summed E-state index contributed by atoms with van der Waals surface area (Å²) >= 11 is 1.29. The zero-order valence-corrected chi connectivity index (χ0v) is 11.6. The highest BCUT2D eigenvalue weighted by atomic mass is 32.1. The molecule has 0 bridgehead atoms. The minimum Gasteiger partial charge on any atom is -0.481 e. The first-order valence-electron chi connectivity index (χ1n) is 5.95. The van der Waals surface area contributed by atoms with Gasteiger partial charge in [0.1, 0.15) is 0 Å². The summed E-state index contributed by atoms with van der Waals surface area (Å²) < 4.78 is 4.85. The van der Waals surface area contributed by atoms with Gasteiger partial charge in [0.2, 0.25) is 5.76 Å². The van der Waals surface area contributed by atoms with Crippen molar-refractivity contribution in [3.8, 4) is 0 Å². The average Bonchev–Trinajstić information content (AvgIpc) is 2.98. The Labute approximate surface area is 118 Å². The molecule has 0 atom stereocenters. The van der Waals surface area contributed by atoms with Crippen LogP contribution in [0, 0.1) is 6.92 Å². The van der Waals surface area contributed by atoms with Gasteiger partial charge in [-0.25, -0.2) is 4.98 Å². The van der Waals surface area contributed by atoms with Crippen molar-refractivity contribution >= 4 is 28.3 Å². The van der Waals surface area contributed by atoms with E-state index in [-0.39, 0.29) is 12.2 Å². The lowest BCUT2D eigenvalue weighted by atomic mass is 10.2. The fourth-order valence-electron chi connectivity index (χ4n) is 1.56. The fraction of sp³-hybridized carbons (Fsp3) is 0.333. The number of amides is 1. The summed E-state index contributed by atoms with van der Waals surface area (Å²) in [5, 5.41) is 17.0. The van der Waals surface area contributed by atoms with E-state index in [9.17, 15) is 9.59 Å². The number of nitrogens with zero attached hydrogens (tertiary/aromatic N) is 2. The summed E-state index contributed by atoms with van der Waals surface area (Å²) in [6.07, 6.45) is 2.66. The Bertz CT molecular complexity index is 620. The van der Waals surface area contributed by atoms with Gasteiger partial charge in [-0.3, -0.25) is 14.9 Å². The third kappa shape index (κ3) is 3.64. The quantitative estimate of drug-likeness (QED) is 0.845. The van der Waals surface area contributed by atoms with E-state index in [0.717, 1.165) is 5.69 Å². The number of hydrogen-bond donors (Lipinski definition) is 2. The lowest BCUT2D eigenvalue weighted by molar-refractivity contribution is -0.137. The summed E-state index contributed by atoms with van der Waals surface area (Å²) in [6.45, 7) is 1.73. The number of carbonyl (C=O) groups excluding carboxylic acids is 1. The fourth-order valence-corrected chi connectivity index (χ4v) is 2.30. The van der Waals surface area contributed by atoms with Crippen molar-refractivity contribution in [2.45, 2.75) is 26.2 Å². The van der Waals surface area contributed by atoms with Crippen LogP contribution in [0.4, 0.5) is 5.13 Å². The number of aromatic nitrogens is 2. The second-order valence-corrected chi connectivity index (χ2v) is 5.04. The van der Waals surface area contributed by atoms with E-state index >= 15 is 0 Å². The van der Waals surface area contributed by atoms with Crippen molar-refractivity contribution in [1.82, 2.24) is 10.1 Å². The second-order valence-electron chi connectivity index (χ2n) is 4.18. The van der Waals surface area contributed by atoms with E-state index in [1.165, 1.54) is 17.5 Å². The molecule has 0 saturated heterocycles. The minimum atomic E-state index is -0.824. The second kappa shape index (κ2) is 6.29. The number of carbonyl (C=O) groups is 2. The molecule has 7 nitrogen and oxygen atoms in total. The van der Waals surface area contributed by atoms with E-state index in [0.29, 0.717) is 23.5 Å². The molecular formula is C12H13N3O4S. The highest BCUT2D eigenvalue weighted by Gasteiger charge is 2.15. The van der Waals surface area contributed by atoms with E-state index in [1.807, 2.05) is 0 Å². The van der Waals surface area contributed by atoms with Gasteiger partial charge in [0, 0.05) is 17.4 Å². The molecule has 0 radical (unpaired) electrons. The van der Waals surface area contributed by atoms with Gasteiger partial charge in [-0.1, -0.05) is 5.16 Å². The molecule has 0 aromatic carbocycles. The minimum absolute atomic E-state index is 0.108. The number of hydrogen-bond acceptors (Lipinski definition) is 6. The monoisotopic (exact) mass is 295 g/mol. The molecular weight excluding hydrogens is 282 g/mol. The number of thiazole rings is 1. The predicted molar refractivity (Wildman–Crippen MR) is 71.9 cm³/mol. The van der Waals surface area contributed by atoms with Gasteiger partial charge in [0.25, 0.3) is 5.91 Å². The number of aliphatic carboxylic acids is 1. The Balaban J connectivity index is 1.91. The molecule has 0 unspecified atom stereocenters. The number of carboxylic acids is 1. The smallest absolute Gasteiger partial charge is 0.303 e. The summed E-state index contributed by atoms with van der Waals surface area (Å²) in [6, 6.07) is 0. The summed E-state index contributed by atoms with van der Waals surface area (Å²) in [5.74, 6) is -1.06. The lowest BCUT2D eigenvalue weighted by Crippen LogP contribution is -2.12. The van der Waals surface area contributed by atoms with Gasteiger partial charge >= 0.3 is 5.97 Å². The predicted octanol–water partition coefficient (Wildman–Crippen LogP) is 2.10. The van der Waals surface area contributed by atoms with E-state index in [2.05, 4.69) is 15.5 Å². The van der Waals surface area contributed by atoms with Gasteiger partial charge < -0.3 is 9.63 Å². The highest BCUT2D eigenvalue weighted by Crippen LogP contribution is 2.18.